The third-order valence-electron chi connectivity index (χ3n) is 2.24. The van der Waals surface area contributed by atoms with Gasteiger partial charge in [-0.2, -0.15) is 4.72 Å². The number of amides is 1. The monoisotopic (exact) mass is 335 g/mol. The summed E-state index contributed by atoms with van der Waals surface area (Å²) < 4.78 is 26.9. The normalized spacial score (nSPS) is 13.1. The molecule has 1 aromatic rings. The van der Waals surface area contributed by atoms with E-state index in [1.165, 1.54) is 26.1 Å². The van der Waals surface area contributed by atoms with Gasteiger partial charge in [-0.1, -0.05) is 15.9 Å². The van der Waals surface area contributed by atoms with Gasteiger partial charge in [0.25, 0.3) is 0 Å². The van der Waals surface area contributed by atoms with Crippen molar-refractivity contribution < 1.29 is 13.2 Å². The molecule has 6 nitrogen and oxygen atoms in total. The van der Waals surface area contributed by atoms with Crippen LogP contribution in [0.15, 0.2) is 27.6 Å². The van der Waals surface area contributed by atoms with Crippen LogP contribution < -0.4 is 15.8 Å². The summed E-state index contributed by atoms with van der Waals surface area (Å²) in [7, 11) is -2.40. The number of benzene rings is 1. The van der Waals surface area contributed by atoms with Crippen LogP contribution in [0.1, 0.15) is 6.92 Å². The zero-order valence-electron chi connectivity index (χ0n) is 9.90. The number of rotatable bonds is 4. The zero-order valence-corrected chi connectivity index (χ0v) is 12.3. The van der Waals surface area contributed by atoms with Crippen molar-refractivity contribution in [3.05, 3.63) is 22.7 Å². The predicted octanol–water partition coefficient (Wildman–Crippen LogP) is 0.444. The topological polar surface area (TPSA) is 101 Å². The molecule has 1 amide bonds. The van der Waals surface area contributed by atoms with Crippen LogP contribution in [0.3, 0.4) is 0 Å². The van der Waals surface area contributed by atoms with E-state index < -0.39 is 22.0 Å². The van der Waals surface area contributed by atoms with Crippen LogP contribution in [0.2, 0.25) is 0 Å². The Hall–Kier alpha value is -1.12. The van der Waals surface area contributed by atoms with Gasteiger partial charge < -0.3 is 11.1 Å². The molecule has 0 fully saturated rings. The third kappa shape index (κ3) is 3.44. The van der Waals surface area contributed by atoms with Crippen LogP contribution in [0.5, 0.6) is 0 Å². The van der Waals surface area contributed by atoms with E-state index in [9.17, 15) is 13.2 Å². The van der Waals surface area contributed by atoms with Gasteiger partial charge >= 0.3 is 0 Å². The van der Waals surface area contributed by atoms with Crippen molar-refractivity contribution in [2.75, 3.05) is 12.8 Å². The molecular formula is C10H14BrN3O3S. The van der Waals surface area contributed by atoms with Crippen LogP contribution in [-0.2, 0) is 14.8 Å². The lowest BCUT2D eigenvalue weighted by molar-refractivity contribution is -0.121. The van der Waals surface area contributed by atoms with Crippen LogP contribution >= 0.6 is 15.9 Å². The first-order valence-corrected chi connectivity index (χ1v) is 7.34. The fourth-order valence-corrected chi connectivity index (χ4v) is 3.18. The summed E-state index contributed by atoms with van der Waals surface area (Å²) in [6.07, 6.45) is 0. The van der Waals surface area contributed by atoms with Crippen molar-refractivity contribution in [3.8, 4) is 0 Å². The number of nitrogens with two attached hydrogens (primary N) is 1. The lowest BCUT2D eigenvalue weighted by Crippen LogP contribution is -2.43. The molecule has 8 heteroatoms. The SMILES string of the molecule is CNC(=O)C(C)NS(=O)(=O)c1cc(Br)ccc1N. The summed E-state index contributed by atoms with van der Waals surface area (Å²) in [5.41, 5.74) is 5.74. The summed E-state index contributed by atoms with van der Waals surface area (Å²) in [6.45, 7) is 1.45. The van der Waals surface area contributed by atoms with Crippen LogP contribution in [0, 0.1) is 0 Å². The van der Waals surface area contributed by atoms with Gasteiger partial charge in [0.05, 0.1) is 11.7 Å². The smallest absolute Gasteiger partial charge is 0.243 e. The van der Waals surface area contributed by atoms with Crippen molar-refractivity contribution in [3.63, 3.8) is 0 Å². The molecule has 0 aromatic heterocycles. The Labute approximate surface area is 114 Å². The number of likely N-dealkylation sites (N-methyl/N-ethyl adjacent to an activating group) is 1. The van der Waals surface area contributed by atoms with Crippen molar-refractivity contribution in [2.24, 2.45) is 0 Å². The number of carbonyl (C=O) groups is 1. The van der Waals surface area contributed by atoms with Crippen molar-refractivity contribution in [1.29, 1.82) is 0 Å². The Morgan fingerprint density at radius 1 is 1.44 bits per heavy atom. The average molecular weight is 336 g/mol. The second-order valence-corrected chi connectivity index (χ2v) is 6.24. The molecule has 0 saturated heterocycles. The van der Waals surface area contributed by atoms with Gasteiger partial charge in [-0.3, -0.25) is 4.79 Å². The molecule has 4 N–H and O–H groups in total. The van der Waals surface area contributed by atoms with Gasteiger partial charge in [-0.25, -0.2) is 8.42 Å². The molecule has 0 aliphatic rings. The largest absolute Gasteiger partial charge is 0.398 e. The Morgan fingerprint density at radius 2 is 2.06 bits per heavy atom. The predicted molar refractivity (Wildman–Crippen MR) is 72.4 cm³/mol. The quantitative estimate of drug-likeness (QED) is 0.695. The van der Waals surface area contributed by atoms with E-state index in [0.29, 0.717) is 4.47 Å². The lowest BCUT2D eigenvalue weighted by atomic mass is 10.3. The number of nitrogen functional groups attached to an aromatic ring is 1. The summed E-state index contributed by atoms with van der Waals surface area (Å²) >= 11 is 3.17. The van der Waals surface area contributed by atoms with Crippen molar-refractivity contribution >= 4 is 37.5 Å². The number of carbonyl (C=O) groups excluding carboxylic acids is 1. The highest BCUT2D eigenvalue weighted by Crippen LogP contribution is 2.22. The average Bonchev–Trinajstić information content (AvgIpc) is 2.30. The Kier molecular flexibility index (Phi) is 4.71. The second-order valence-electron chi connectivity index (χ2n) is 3.64. The molecule has 1 aromatic carbocycles. The molecule has 1 atom stereocenters. The van der Waals surface area contributed by atoms with Crippen LogP contribution in [0.4, 0.5) is 5.69 Å². The Bertz CT molecular complexity index is 559. The minimum absolute atomic E-state index is 0.0624. The highest BCUT2D eigenvalue weighted by molar-refractivity contribution is 9.10. The maximum atomic E-state index is 12.0. The molecule has 1 rings (SSSR count). The van der Waals surface area contributed by atoms with Crippen molar-refractivity contribution in [2.45, 2.75) is 17.9 Å². The van der Waals surface area contributed by atoms with E-state index in [2.05, 4.69) is 26.0 Å². The summed E-state index contributed by atoms with van der Waals surface area (Å²) in [6, 6.07) is 3.62. The highest BCUT2D eigenvalue weighted by atomic mass is 79.9. The fourth-order valence-electron chi connectivity index (χ4n) is 1.31. The first-order chi connectivity index (χ1) is 8.27. The minimum atomic E-state index is -3.83. The lowest BCUT2D eigenvalue weighted by Gasteiger charge is -2.14. The van der Waals surface area contributed by atoms with E-state index >= 15 is 0 Å². The van der Waals surface area contributed by atoms with E-state index in [-0.39, 0.29) is 10.6 Å². The molecular weight excluding hydrogens is 322 g/mol. The van der Waals surface area contributed by atoms with Gasteiger partial charge in [0.1, 0.15) is 4.90 Å². The number of halogens is 1. The highest BCUT2D eigenvalue weighted by Gasteiger charge is 2.23. The maximum Gasteiger partial charge on any atom is 0.243 e. The van der Waals surface area contributed by atoms with Crippen LogP contribution in [0.25, 0.3) is 0 Å². The Morgan fingerprint density at radius 3 is 2.61 bits per heavy atom. The molecule has 0 heterocycles. The van der Waals surface area contributed by atoms with Gasteiger partial charge in [0, 0.05) is 11.5 Å². The van der Waals surface area contributed by atoms with E-state index in [1.807, 2.05) is 0 Å². The minimum Gasteiger partial charge on any atom is -0.398 e. The van der Waals surface area contributed by atoms with Gasteiger partial charge in [-0.05, 0) is 25.1 Å². The molecule has 0 aliphatic carbocycles. The molecule has 0 aliphatic heterocycles. The van der Waals surface area contributed by atoms with E-state index in [4.69, 9.17) is 5.73 Å². The number of sulfonamides is 1. The second kappa shape index (κ2) is 5.68. The van der Waals surface area contributed by atoms with Gasteiger partial charge in [0.15, 0.2) is 0 Å². The first-order valence-electron chi connectivity index (χ1n) is 5.07. The number of anilines is 1. The molecule has 18 heavy (non-hydrogen) atoms. The molecule has 0 saturated carbocycles. The van der Waals surface area contributed by atoms with E-state index in [1.54, 1.807) is 6.07 Å². The molecule has 0 radical (unpaired) electrons. The summed E-state index contributed by atoms with van der Waals surface area (Å²) in [5, 5.41) is 2.36. The number of nitrogens with one attached hydrogen (secondary N) is 2. The number of hydrogen-bond donors (Lipinski definition) is 3. The fraction of sp³-hybridized carbons (Fsp3) is 0.300. The molecule has 100 valence electrons. The standard InChI is InChI=1S/C10H14BrN3O3S/c1-6(10(15)13-2)14-18(16,17)9-5-7(11)3-4-8(9)12/h3-6,14H,12H2,1-2H3,(H,13,15). The van der Waals surface area contributed by atoms with Gasteiger partial charge in [-0.15, -0.1) is 0 Å². The summed E-state index contributed by atoms with van der Waals surface area (Å²) in [4.78, 5) is 11.2. The molecule has 1 unspecified atom stereocenters. The summed E-state index contributed by atoms with van der Waals surface area (Å²) in [5.74, 6) is -0.424. The van der Waals surface area contributed by atoms with Gasteiger partial charge in [0.2, 0.25) is 15.9 Å². The van der Waals surface area contributed by atoms with Crippen molar-refractivity contribution in [1.82, 2.24) is 10.0 Å². The molecule has 0 spiro atoms. The molecule has 0 bridgehead atoms. The first kappa shape index (κ1) is 14.9. The maximum absolute atomic E-state index is 12.0. The van der Waals surface area contributed by atoms with Crippen LogP contribution in [-0.4, -0.2) is 27.4 Å². The number of hydrogen-bond acceptors (Lipinski definition) is 4. The zero-order chi connectivity index (χ0) is 13.9. The third-order valence-corrected chi connectivity index (χ3v) is 4.33. The Balaban J connectivity index is 3.07. The van der Waals surface area contributed by atoms with E-state index in [0.717, 1.165) is 0 Å².